The van der Waals surface area contributed by atoms with Gasteiger partial charge in [0.1, 0.15) is 22.2 Å². The summed E-state index contributed by atoms with van der Waals surface area (Å²) in [5.74, 6) is 1.57. The number of sulfonamides is 1. The zero-order valence-corrected chi connectivity index (χ0v) is 16.8. The molecule has 0 unspecified atom stereocenters. The van der Waals surface area contributed by atoms with E-state index < -0.39 is 10.0 Å². The van der Waals surface area contributed by atoms with E-state index in [0.717, 1.165) is 5.56 Å². The molecule has 30 heavy (non-hydrogen) atoms. The molecule has 4 rings (SSSR count). The van der Waals surface area contributed by atoms with E-state index in [9.17, 15) is 8.42 Å². The number of hydrogen-bond donors (Lipinski definition) is 1. The highest BCUT2D eigenvalue weighted by atomic mass is 32.2. The molecule has 2 aromatic heterocycles. The van der Waals surface area contributed by atoms with E-state index in [2.05, 4.69) is 9.71 Å². The van der Waals surface area contributed by atoms with Gasteiger partial charge in [0.15, 0.2) is 0 Å². The summed E-state index contributed by atoms with van der Waals surface area (Å²) in [6.45, 7) is 0. The van der Waals surface area contributed by atoms with Crippen molar-refractivity contribution in [1.82, 2.24) is 4.98 Å². The predicted octanol–water partition coefficient (Wildman–Crippen LogP) is 4.94. The molecule has 0 aliphatic carbocycles. The molecule has 0 aliphatic rings. The Hall–Kier alpha value is -3.78. The Labute approximate surface area is 174 Å². The van der Waals surface area contributed by atoms with Gasteiger partial charge in [0.2, 0.25) is 5.88 Å². The van der Waals surface area contributed by atoms with E-state index >= 15 is 0 Å². The van der Waals surface area contributed by atoms with Crippen molar-refractivity contribution in [3.63, 3.8) is 0 Å². The first kappa shape index (κ1) is 19.5. The van der Waals surface area contributed by atoms with E-state index in [-0.39, 0.29) is 10.6 Å². The molecule has 0 amide bonds. The Balaban J connectivity index is 1.60. The lowest BCUT2D eigenvalue weighted by molar-refractivity contribution is 0.399. The zero-order chi connectivity index (χ0) is 21.0. The first-order valence-electron chi connectivity index (χ1n) is 8.99. The molecule has 0 bridgehead atoms. The minimum atomic E-state index is -3.94. The summed E-state index contributed by atoms with van der Waals surface area (Å²) < 4.78 is 44.8. The summed E-state index contributed by atoms with van der Waals surface area (Å²) in [7, 11) is -2.53. The summed E-state index contributed by atoms with van der Waals surface area (Å²) in [6.07, 6.45) is 3.17. The first-order chi connectivity index (χ1) is 14.5. The fraction of sp³-hybridized carbons (Fsp3) is 0.0455. The van der Waals surface area contributed by atoms with Gasteiger partial charge in [0.25, 0.3) is 10.0 Å². The monoisotopic (exact) mass is 422 g/mol. The molecule has 2 heterocycles. The second-order valence-corrected chi connectivity index (χ2v) is 7.89. The van der Waals surface area contributed by atoms with Crippen LogP contribution >= 0.6 is 0 Å². The van der Waals surface area contributed by atoms with Crippen LogP contribution in [0.4, 0.5) is 5.69 Å². The van der Waals surface area contributed by atoms with E-state index in [1.807, 2.05) is 6.07 Å². The van der Waals surface area contributed by atoms with E-state index in [4.69, 9.17) is 13.9 Å². The van der Waals surface area contributed by atoms with Gasteiger partial charge in [0.05, 0.1) is 13.4 Å². The van der Waals surface area contributed by atoms with Crippen LogP contribution < -0.4 is 14.2 Å². The summed E-state index contributed by atoms with van der Waals surface area (Å²) in [5, 5.41) is 0. The van der Waals surface area contributed by atoms with Crippen LogP contribution in [0.15, 0.2) is 94.6 Å². The first-order valence-corrected chi connectivity index (χ1v) is 10.5. The molecule has 0 aliphatic heterocycles. The van der Waals surface area contributed by atoms with Gasteiger partial charge in [-0.3, -0.25) is 4.72 Å². The lowest BCUT2D eigenvalue weighted by atomic mass is 10.1. The van der Waals surface area contributed by atoms with Crippen LogP contribution in [0.25, 0.3) is 11.3 Å². The van der Waals surface area contributed by atoms with Crippen molar-refractivity contribution in [3.05, 3.63) is 85.3 Å². The molecular formula is C22H18N2O5S. The van der Waals surface area contributed by atoms with Crippen molar-refractivity contribution < 1.29 is 22.3 Å². The lowest BCUT2D eigenvalue weighted by Gasteiger charge is -2.13. The van der Waals surface area contributed by atoms with E-state index in [0.29, 0.717) is 23.1 Å². The largest absolute Gasteiger partial charge is 0.495 e. The highest BCUT2D eigenvalue weighted by Gasteiger charge is 2.21. The minimum Gasteiger partial charge on any atom is -0.495 e. The third-order valence-electron chi connectivity index (χ3n) is 4.23. The number of anilines is 1. The van der Waals surface area contributed by atoms with Gasteiger partial charge in [-0.1, -0.05) is 6.07 Å². The molecule has 0 atom stereocenters. The Bertz CT molecular complexity index is 1220. The van der Waals surface area contributed by atoms with Gasteiger partial charge in [-0.15, -0.1) is 0 Å². The van der Waals surface area contributed by atoms with Gasteiger partial charge in [-0.05, 0) is 54.6 Å². The molecule has 0 saturated carbocycles. The molecule has 1 N–H and O–H groups in total. The number of pyridine rings is 1. The molecule has 0 spiro atoms. The SMILES string of the molecule is COc1ccc(Oc2ccccn2)cc1S(=O)(=O)Nc1ccc(-c2ccco2)cc1. The summed E-state index contributed by atoms with van der Waals surface area (Å²) >= 11 is 0. The van der Waals surface area contributed by atoms with Crippen LogP contribution in [-0.2, 0) is 10.0 Å². The molecule has 2 aromatic carbocycles. The van der Waals surface area contributed by atoms with E-state index in [1.54, 1.807) is 67.1 Å². The molecule has 7 nitrogen and oxygen atoms in total. The fourth-order valence-corrected chi connectivity index (χ4v) is 4.06. The van der Waals surface area contributed by atoms with Crippen molar-refractivity contribution in [3.8, 4) is 28.7 Å². The van der Waals surface area contributed by atoms with E-state index in [1.165, 1.54) is 19.2 Å². The highest BCUT2D eigenvalue weighted by Crippen LogP contribution is 2.32. The number of furan rings is 1. The van der Waals surface area contributed by atoms with Gasteiger partial charge in [0, 0.05) is 29.6 Å². The topological polar surface area (TPSA) is 90.7 Å². The molecule has 8 heteroatoms. The number of benzene rings is 2. The molecule has 4 aromatic rings. The predicted molar refractivity (Wildman–Crippen MR) is 112 cm³/mol. The maximum atomic E-state index is 13.0. The number of rotatable bonds is 7. The number of hydrogen-bond acceptors (Lipinski definition) is 6. The second kappa shape index (κ2) is 8.30. The average Bonchev–Trinajstić information content (AvgIpc) is 3.30. The van der Waals surface area contributed by atoms with Crippen LogP contribution in [0.5, 0.6) is 17.4 Å². The maximum absolute atomic E-state index is 13.0. The number of aromatic nitrogens is 1. The quantitative estimate of drug-likeness (QED) is 0.453. The van der Waals surface area contributed by atoms with Crippen molar-refractivity contribution in [2.24, 2.45) is 0 Å². The standard InChI is InChI=1S/C22H18N2O5S/c1-27-20-12-11-18(29-22-6-2-3-13-23-22)15-21(20)30(25,26)24-17-9-7-16(8-10-17)19-5-4-14-28-19/h2-15,24H,1H3. The molecule has 0 saturated heterocycles. The summed E-state index contributed by atoms with van der Waals surface area (Å²) in [5.41, 5.74) is 1.25. The molecule has 0 fully saturated rings. The Morgan fingerprint density at radius 3 is 2.47 bits per heavy atom. The highest BCUT2D eigenvalue weighted by molar-refractivity contribution is 7.92. The molecular weight excluding hydrogens is 404 g/mol. The average molecular weight is 422 g/mol. The van der Waals surface area contributed by atoms with Gasteiger partial charge in [-0.25, -0.2) is 13.4 Å². The van der Waals surface area contributed by atoms with Gasteiger partial charge >= 0.3 is 0 Å². The van der Waals surface area contributed by atoms with Crippen molar-refractivity contribution in [2.75, 3.05) is 11.8 Å². The van der Waals surface area contributed by atoms with Crippen LogP contribution in [0.2, 0.25) is 0 Å². The second-order valence-electron chi connectivity index (χ2n) is 6.24. The number of nitrogens with one attached hydrogen (secondary N) is 1. The minimum absolute atomic E-state index is 0.0476. The van der Waals surface area contributed by atoms with Gasteiger partial charge in [-0.2, -0.15) is 0 Å². The Morgan fingerprint density at radius 2 is 1.80 bits per heavy atom. The number of nitrogens with zero attached hydrogens (tertiary/aromatic N) is 1. The fourth-order valence-electron chi connectivity index (χ4n) is 2.81. The Morgan fingerprint density at radius 1 is 0.967 bits per heavy atom. The Kier molecular flexibility index (Phi) is 5.40. The molecule has 0 radical (unpaired) electrons. The van der Waals surface area contributed by atoms with Crippen LogP contribution in [0.3, 0.4) is 0 Å². The molecule has 152 valence electrons. The zero-order valence-electron chi connectivity index (χ0n) is 16.0. The van der Waals surface area contributed by atoms with Crippen molar-refractivity contribution in [1.29, 1.82) is 0 Å². The number of methoxy groups -OCH3 is 1. The van der Waals surface area contributed by atoms with Crippen LogP contribution in [-0.4, -0.2) is 20.5 Å². The lowest BCUT2D eigenvalue weighted by Crippen LogP contribution is -2.14. The third-order valence-corrected chi connectivity index (χ3v) is 5.63. The van der Waals surface area contributed by atoms with Crippen LogP contribution in [0, 0.1) is 0 Å². The maximum Gasteiger partial charge on any atom is 0.265 e. The normalized spacial score (nSPS) is 11.1. The smallest absolute Gasteiger partial charge is 0.265 e. The van der Waals surface area contributed by atoms with Gasteiger partial charge < -0.3 is 13.9 Å². The van der Waals surface area contributed by atoms with Crippen LogP contribution in [0.1, 0.15) is 0 Å². The summed E-state index contributed by atoms with van der Waals surface area (Å²) in [6, 6.07) is 20.3. The van der Waals surface area contributed by atoms with Crippen molar-refractivity contribution >= 4 is 15.7 Å². The van der Waals surface area contributed by atoms with Crippen molar-refractivity contribution in [2.45, 2.75) is 4.90 Å². The summed E-state index contributed by atoms with van der Waals surface area (Å²) in [4.78, 5) is 4.03. The third kappa shape index (κ3) is 4.28. The number of ether oxygens (including phenoxy) is 2.